The number of benzene rings is 1. The lowest BCUT2D eigenvalue weighted by atomic mass is 9.85. The van der Waals surface area contributed by atoms with Crippen LogP contribution in [0.5, 0.6) is 0 Å². The lowest BCUT2D eigenvalue weighted by molar-refractivity contribution is -0.139. The number of likely N-dealkylation sites (N-methyl/N-ethyl adjacent to an activating group) is 1. The summed E-state index contributed by atoms with van der Waals surface area (Å²) >= 11 is 0. The first kappa shape index (κ1) is 18.1. The summed E-state index contributed by atoms with van der Waals surface area (Å²) in [6, 6.07) is 10.1. The molecule has 1 aliphatic carbocycles. The number of nitrogens with zero attached hydrogens (tertiary/aromatic N) is 3. The summed E-state index contributed by atoms with van der Waals surface area (Å²) < 4.78 is 1.76. The molecule has 1 aliphatic rings. The molecular formula is C19H24N4O3. The van der Waals surface area contributed by atoms with Crippen LogP contribution in [0.15, 0.2) is 42.7 Å². The van der Waals surface area contributed by atoms with Gasteiger partial charge in [0.25, 0.3) is 0 Å². The van der Waals surface area contributed by atoms with Crippen molar-refractivity contribution >= 4 is 11.9 Å². The number of carbonyl (C=O) groups excluding carboxylic acids is 1. The lowest BCUT2D eigenvalue weighted by Crippen LogP contribution is -2.55. The average Bonchev–Trinajstić information content (AvgIpc) is 3.05. The molecule has 0 spiro atoms. The van der Waals surface area contributed by atoms with Crippen molar-refractivity contribution in [3.05, 3.63) is 48.3 Å². The average molecular weight is 356 g/mol. The highest BCUT2D eigenvalue weighted by Gasteiger charge is 2.34. The van der Waals surface area contributed by atoms with Crippen LogP contribution in [0.4, 0.5) is 0 Å². The molecule has 1 aromatic heterocycles. The number of aromatic nitrogens is 2. The van der Waals surface area contributed by atoms with E-state index in [0.717, 1.165) is 24.1 Å². The van der Waals surface area contributed by atoms with Crippen LogP contribution in [0.1, 0.15) is 25.3 Å². The number of rotatable bonds is 8. The molecular weight excluding hydrogens is 332 g/mol. The van der Waals surface area contributed by atoms with Crippen molar-refractivity contribution in [1.82, 2.24) is 20.0 Å². The van der Waals surface area contributed by atoms with Crippen LogP contribution in [0, 0.1) is 0 Å². The SMILES string of the molecule is CCN(CC(=O)O)C1CC(NC(=O)Cc2cnn(-c3ccccc3)c2)C1. The van der Waals surface area contributed by atoms with Gasteiger partial charge in [-0.2, -0.15) is 5.10 Å². The number of carboxylic acid groups (broad SMARTS) is 1. The van der Waals surface area contributed by atoms with E-state index in [4.69, 9.17) is 5.11 Å². The first-order valence-corrected chi connectivity index (χ1v) is 8.89. The molecule has 2 aromatic rings. The molecule has 0 aliphatic heterocycles. The summed E-state index contributed by atoms with van der Waals surface area (Å²) in [5.41, 5.74) is 1.82. The summed E-state index contributed by atoms with van der Waals surface area (Å²) in [7, 11) is 0. The number of carbonyl (C=O) groups is 2. The van der Waals surface area contributed by atoms with Gasteiger partial charge in [-0.05, 0) is 37.1 Å². The standard InChI is InChI=1S/C19H24N4O3/c1-2-22(13-19(25)26)17-9-15(10-17)21-18(24)8-14-11-20-23(12-14)16-6-4-3-5-7-16/h3-7,11-12,15,17H,2,8-10,13H2,1H3,(H,21,24)(H,25,26). The molecule has 3 rings (SSSR count). The van der Waals surface area contributed by atoms with Crippen LogP contribution < -0.4 is 5.32 Å². The molecule has 1 heterocycles. The third-order valence-electron chi connectivity index (χ3n) is 4.76. The number of hydrogen-bond acceptors (Lipinski definition) is 4. The summed E-state index contributed by atoms with van der Waals surface area (Å²) in [4.78, 5) is 25.0. The van der Waals surface area contributed by atoms with Gasteiger partial charge in [-0.3, -0.25) is 14.5 Å². The van der Waals surface area contributed by atoms with Gasteiger partial charge in [0, 0.05) is 18.3 Å². The molecule has 138 valence electrons. The minimum Gasteiger partial charge on any atom is -0.480 e. The minimum atomic E-state index is -0.810. The normalized spacial score (nSPS) is 19.2. The molecule has 0 bridgehead atoms. The van der Waals surface area contributed by atoms with Crippen molar-refractivity contribution < 1.29 is 14.7 Å². The van der Waals surface area contributed by atoms with Crippen molar-refractivity contribution in [3.63, 3.8) is 0 Å². The topological polar surface area (TPSA) is 87.5 Å². The molecule has 7 nitrogen and oxygen atoms in total. The lowest BCUT2D eigenvalue weighted by Gasteiger charge is -2.42. The number of para-hydroxylation sites is 1. The van der Waals surface area contributed by atoms with Gasteiger partial charge in [-0.15, -0.1) is 0 Å². The van der Waals surface area contributed by atoms with Gasteiger partial charge < -0.3 is 10.4 Å². The maximum atomic E-state index is 12.2. The molecule has 2 N–H and O–H groups in total. The molecule has 1 fully saturated rings. The molecule has 0 radical (unpaired) electrons. The summed E-state index contributed by atoms with van der Waals surface area (Å²) in [6.45, 7) is 2.72. The van der Waals surface area contributed by atoms with Crippen molar-refractivity contribution in [2.24, 2.45) is 0 Å². The largest absolute Gasteiger partial charge is 0.480 e. The second kappa shape index (κ2) is 8.14. The van der Waals surface area contributed by atoms with E-state index >= 15 is 0 Å². The van der Waals surface area contributed by atoms with Crippen molar-refractivity contribution in [3.8, 4) is 5.69 Å². The molecule has 26 heavy (non-hydrogen) atoms. The minimum absolute atomic E-state index is 0.0256. The highest BCUT2D eigenvalue weighted by Crippen LogP contribution is 2.25. The van der Waals surface area contributed by atoms with Gasteiger partial charge in [0.2, 0.25) is 5.91 Å². The Kier molecular flexibility index (Phi) is 5.68. The summed E-state index contributed by atoms with van der Waals surface area (Å²) in [5.74, 6) is -0.836. The van der Waals surface area contributed by atoms with Crippen LogP contribution in [0.3, 0.4) is 0 Å². The Hall–Kier alpha value is -2.67. The number of amides is 1. The van der Waals surface area contributed by atoms with E-state index < -0.39 is 5.97 Å². The second-order valence-corrected chi connectivity index (χ2v) is 6.65. The molecule has 1 aromatic carbocycles. The highest BCUT2D eigenvalue weighted by atomic mass is 16.4. The zero-order chi connectivity index (χ0) is 18.5. The van der Waals surface area contributed by atoms with E-state index in [1.165, 1.54) is 0 Å². The quantitative estimate of drug-likeness (QED) is 0.748. The zero-order valence-electron chi connectivity index (χ0n) is 14.8. The monoisotopic (exact) mass is 356 g/mol. The van der Waals surface area contributed by atoms with Crippen molar-refractivity contribution in [2.45, 2.75) is 38.3 Å². The third-order valence-corrected chi connectivity index (χ3v) is 4.76. The Labute approximate surface area is 152 Å². The summed E-state index contributed by atoms with van der Waals surface area (Å²) in [5, 5.41) is 16.3. The molecule has 1 amide bonds. The van der Waals surface area contributed by atoms with E-state index in [-0.39, 0.29) is 24.5 Å². The van der Waals surface area contributed by atoms with E-state index in [0.29, 0.717) is 13.0 Å². The smallest absolute Gasteiger partial charge is 0.317 e. The van der Waals surface area contributed by atoms with Crippen molar-refractivity contribution in [1.29, 1.82) is 0 Å². The van der Waals surface area contributed by atoms with Crippen molar-refractivity contribution in [2.75, 3.05) is 13.1 Å². The maximum absolute atomic E-state index is 12.2. The predicted molar refractivity (Wildman–Crippen MR) is 97.1 cm³/mol. The van der Waals surface area contributed by atoms with Crippen LogP contribution in [-0.4, -0.2) is 56.8 Å². The van der Waals surface area contributed by atoms with Crippen LogP contribution in [0.2, 0.25) is 0 Å². The fraction of sp³-hybridized carbons (Fsp3) is 0.421. The molecule has 1 saturated carbocycles. The Morgan fingerprint density at radius 3 is 2.69 bits per heavy atom. The van der Waals surface area contributed by atoms with E-state index in [1.807, 2.05) is 48.4 Å². The number of hydrogen-bond donors (Lipinski definition) is 2. The molecule has 0 atom stereocenters. The Balaban J connectivity index is 1.46. The number of aliphatic carboxylic acids is 1. The Morgan fingerprint density at radius 2 is 2.04 bits per heavy atom. The van der Waals surface area contributed by atoms with E-state index in [2.05, 4.69) is 10.4 Å². The third kappa shape index (κ3) is 4.49. The van der Waals surface area contributed by atoms with Crippen LogP contribution in [-0.2, 0) is 16.0 Å². The van der Waals surface area contributed by atoms with Gasteiger partial charge in [0.1, 0.15) is 0 Å². The van der Waals surface area contributed by atoms with Gasteiger partial charge in [0.05, 0.1) is 24.8 Å². The molecule has 7 heteroatoms. The van der Waals surface area contributed by atoms with E-state index in [1.54, 1.807) is 10.9 Å². The van der Waals surface area contributed by atoms with E-state index in [9.17, 15) is 9.59 Å². The Morgan fingerprint density at radius 1 is 1.31 bits per heavy atom. The zero-order valence-corrected chi connectivity index (χ0v) is 14.8. The van der Waals surface area contributed by atoms with Crippen LogP contribution >= 0.6 is 0 Å². The molecule has 0 unspecified atom stereocenters. The van der Waals surface area contributed by atoms with Gasteiger partial charge >= 0.3 is 5.97 Å². The number of carboxylic acids is 1. The van der Waals surface area contributed by atoms with Gasteiger partial charge in [-0.1, -0.05) is 25.1 Å². The fourth-order valence-electron chi connectivity index (χ4n) is 3.31. The summed E-state index contributed by atoms with van der Waals surface area (Å²) in [6.07, 6.45) is 5.47. The first-order chi connectivity index (χ1) is 12.5. The van der Waals surface area contributed by atoms with Gasteiger partial charge in [0.15, 0.2) is 0 Å². The molecule has 0 saturated heterocycles. The second-order valence-electron chi connectivity index (χ2n) is 6.65. The fourth-order valence-corrected chi connectivity index (χ4v) is 3.31. The number of nitrogens with one attached hydrogen (secondary N) is 1. The Bertz CT molecular complexity index is 753. The van der Waals surface area contributed by atoms with Gasteiger partial charge in [-0.25, -0.2) is 4.68 Å². The first-order valence-electron chi connectivity index (χ1n) is 8.89. The van der Waals surface area contributed by atoms with Crippen LogP contribution in [0.25, 0.3) is 5.69 Å². The predicted octanol–water partition coefficient (Wildman–Crippen LogP) is 1.47. The maximum Gasteiger partial charge on any atom is 0.317 e. The highest BCUT2D eigenvalue weighted by molar-refractivity contribution is 5.78.